The van der Waals surface area contributed by atoms with Crippen molar-refractivity contribution in [3.63, 3.8) is 0 Å². The van der Waals surface area contributed by atoms with Gasteiger partial charge in [-0.25, -0.2) is 9.59 Å². The highest BCUT2D eigenvalue weighted by Gasteiger charge is 2.28. The smallest absolute Gasteiger partial charge is 0.415 e. The molecule has 1 amide bonds. The van der Waals surface area contributed by atoms with Gasteiger partial charge < -0.3 is 24.4 Å². The molecule has 1 aromatic rings. The van der Waals surface area contributed by atoms with E-state index in [9.17, 15) is 9.59 Å². The Morgan fingerprint density at radius 1 is 1.13 bits per heavy atom. The molecule has 0 atom stereocenters. The van der Waals surface area contributed by atoms with Gasteiger partial charge >= 0.3 is 12.1 Å². The lowest BCUT2D eigenvalue weighted by Crippen LogP contribution is -2.42. The van der Waals surface area contributed by atoms with Gasteiger partial charge in [-0.1, -0.05) is 6.08 Å². The van der Waals surface area contributed by atoms with Gasteiger partial charge in [-0.2, -0.15) is 0 Å². The Labute approximate surface area is 179 Å². The van der Waals surface area contributed by atoms with Crippen LogP contribution in [0, 0.1) is 0 Å². The number of aromatic carboxylic acids is 1. The molecule has 30 heavy (non-hydrogen) atoms. The number of amides is 1. The maximum atomic E-state index is 12.4. The van der Waals surface area contributed by atoms with Crippen LogP contribution in [0.25, 0.3) is 0 Å². The summed E-state index contributed by atoms with van der Waals surface area (Å²) < 4.78 is 11.4. The molecule has 1 saturated carbocycles. The summed E-state index contributed by atoms with van der Waals surface area (Å²) in [6, 6.07) is 5.96. The zero-order valence-electron chi connectivity index (χ0n) is 18.1. The first kappa shape index (κ1) is 23.9. The molecule has 1 fully saturated rings. The predicted molar refractivity (Wildman–Crippen MR) is 116 cm³/mol. The van der Waals surface area contributed by atoms with Crippen molar-refractivity contribution in [2.24, 2.45) is 0 Å². The Morgan fingerprint density at radius 3 is 2.40 bits per heavy atom. The summed E-state index contributed by atoms with van der Waals surface area (Å²) in [5.74, 6) is -0.670. The zero-order chi connectivity index (χ0) is 21.9. The highest BCUT2D eigenvalue weighted by atomic mass is 16.6. The summed E-state index contributed by atoms with van der Waals surface area (Å²) in [5.41, 5.74) is 0.158. The van der Waals surface area contributed by atoms with E-state index in [2.05, 4.69) is 18.5 Å². The maximum Gasteiger partial charge on any atom is 0.415 e. The lowest BCUT2D eigenvalue weighted by molar-refractivity contribution is 0.0101. The van der Waals surface area contributed by atoms with Crippen molar-refractivity contribution in [1.29, 1.82) is 0 Å². The summed E-state index contributed by atoms with van der Waals surface area (Å²) >= 11 is 0. The molecule has 0 aliphatic heterocycles. The number of hydrogen-bond acceptors (Lipinski definition) is 5. The van der Waals surface area contributed by atoms with E-state index in [-0.39, 0.29) is 17.7 Å². The van der Waals surface area contributed by atoms with Crippen LogP contribution in [0.3, 0.4) is 0 Å². The Kier molecular flexibility index (Phi) is 9.83. The van der Waals surface area contributed by atoms with Gasteiger partial charge in [0.1, 0.15) is 5.75 Å². The van der Waals surface area contributed by atoms with E-state index < -0.39 is 12.1 Å². The maximum absolute atomic E-state index is 12.4. The number of benzene rings is 1. The molecule has 1 aliphatic rings. The topological polar surface area (TPSA) is 79.3 Å². The van der Waals surface area contributed by atoms with Crippen LogP contribution in [-0.2, 0) is 4.74 Å². The fourth-order valence-electron chi connectivity index (χ4n) is 3.63. The first-order chi connectivity index (χ1) is 14.4. The van der Waals surface area contributed by atoms with E-state index in [1.54, 1.807) is 11.9 Å². The van der Waals surface area contributed by atoms with Crippen LogP contribution in [-0.4, -0.2) is 72.9 Å². The van der Waals surface area contributed by atoms with Gasteiger partial charge in [0.15, 0.2) is 0 Å². The van der Waals surface area contributed by atoms with Crippen molar-refractivity contribution in [2.75, 3.05) is 33.8 Å². The normalized spacial score (nSPS) is 18.8. The predicted octanol–water partition coefficient (Wildman–Crippen LogP) is 4.04. The number of carboxylic acid groups (broad SMARTS) is 1. The molecule has 0 unspecified atom stereocenters. The molecular formula is C23H34N2O5. The fourth-order valence-corrected chi connectivity index (χ4v) is 3.63. The zero-order valence-corrected chi connectivity index (χ0v) is 18.1. The van der Waals surface area contributed by atoms with Crippen molar-refractivity contribution < 1.29 is 24.2 Å². The van der Waals surface area contributed by atoms with Crippen LogP contribution in [0.4, 0.5) is 4.79 Å². The second-order valence-corrected chi connectivity index (χ2v) is 7.87. The molecule has 0 radical (unpaired) electrons. The standard InChI is InChI=1S/C23H34N2O5/c1-4-15-24(2)16-5-6-17-29-20-13-9-19(10-14-20)25(3)23(28)30-21-11-7-18(8-12-21)22(26)27/h4,7-8,11-12,19-20H,1,5-6,9-10,13-17H2,2-3H3,(H,26,27). The molecule has 2 rings (SSSR count). The summed E-state index contributed by atoms with van der Waals surface area (Å²) in [6.07, 6.45) is 7.56. The van der Waals surface area contributed by atoms with Crippen molar-refractivity contribution in [3.8, 4) is 5.75 Å². The second kappa shape index (κ2) is 12.3. The minimum atomic E-state index is -1.01. The highest BCUT2D eigenvalue weighted by molar-refractivity contribution is 5.87. The molecule has 7 heteroatoms. The van der Waals surface area contributed by atoms with Crippen LogP contribution >= 0.6 is 0 Å². The van der Waals surface area contributed by atoms with Crippen molar-refractivity contribution in [1.82, 2.24) is 9.80 Å². The molecule has 0 aromatic heterocycles. The highest BCUT2D eigenvalue weighted by Crippen LogP contribution is 2.25. The summed E-state index contributed by atoms with van der Waals surface area (Å²) in [6.45, 7) is 6.49. The lowest BCUT2D eigenvalue weighted by Gasteiger charge is -2.34. The molecule has 0 bridgehead atoms. The SMILES string of the molecule is C=CCN(C)CCCCOC1CCC(N(C)C(=O)Oc2ccc(C(=O)O)cc2)CC1. The van der Waals surface area contributed by atoms with E-state index in [1.807, 2.05) is 6.08 Å². The number of unbranched alkanes of at least 4 members (excludes halogenated alkanes) is 1. The number of carboxylic acids is 1. The van der Waals surface area contributed by atoms with Crippen molar-refractivity contribution in [3.05, 3.63) is 42.5 Å². The number of rotatable bonds is 11. The first-order valence-corrected chi connectivity index (χ1v) is 10.6. The van der Waals surface area contributed by atoms with Crippen LogP contribution in [0.5, 0.6) is 5.75 Å². The van der Waals surface area contributed by atoms with Crippen LogP contribution in [0.2, 0.25) is 0 Å². The molecule has 1 aromatic carbocycles. The third-order valence-electron chi connectivity index (χ3n) is 5.51. The second-order valence-electron chi connectivity index (χ2n) is 7.87. The molecule has 0 saturated heterocycles. The van der Waals surface area contributed by atoms with Gasteiger partial charge in [-0.05, 0) is 76.4 Å². The largest absolute Gasteiger partial charge is 0.478 e. The molecule has 7 nitrogen and oxygen atoms in total. The number of ether oxygens (including phenoxy) is 2. The Morgan fingerprint density at radius 2 is 1.80 bits per heavy atom. The van der Waals surface area contributed by atoms with E-state index in [1.165, 1.54) is 24.3 Å². The summed E-state index contributed by atoms with van der Waals surface area (Å²) in [7, 11) is 3.84. The van der Waals surface area contributed by atoms with Gasteiger partial charge in [0, 0.05) is 26.2 Å². The quantitative estimate of drug-likeness (QED) is 0.432. The monoisotopic (exact) mass is 418 g/mol. The van der Waals surface area contributed by atoms with Gasteiger partial charge in [-0.15, -0.1) is 6.58 Å². The number of carbonyl (C=O) groups excluding carboxylic acids is 1. The van der Waals surface area contributed by atoms with E-state index in [0.717, 1.165) is 58.2 Å². The number of carbonyl (C=O) groups is 2. The third-order valence-corrected chi connectivity index (χ3v) is 5.51. The summed E-state index contributed by atoms with van der Waals surface area (Å²) in [4.78, 5) is 27.2. The van der Waals surface area contributed by atoms with Crippen LogP contribution in [0.15, 0.2) is 36.9 Å². The molecule has 0 spiro atoms. The third kappa shape index (κ3) is 7.80. The number of likely N-dealkylation sites (N-methyl/N-ethyl adjacent to an activating group) is 1. The lowest BCUT2D eigenvalue weighted by atomic mass is 9.92. The minimum absolute atomic E-state index is 0.128. The first-order valence-electron chi connectivity index (χ1n) is 10.6. The van der Waals surface area contributed by atoms with Gasteiger partial charge in [0.2, 0.25) is 0 Å². The van der Waals surface area contributed by atoms with Gasteiger partial charge in [-0.3, -0.25) is 0 Å². The van der Waals surface area contributed by atoms with E-state index in [4.69, 9.17) is 14.6 Å². The van der Waals surface area contributed by atoms with Crippen LogP contribution < -0.4 is 4.74 Å². The molecule has 0 heterocycles. The minimum Gasteiger partial charge on any atom is -0.478 e. The average Bonchev–Trinajstić information content (AvgIpc) is 2.74. The van der Waals surface area contributed by atoms with Crippen LogP contribution in [0.1, 0.15) is 48.9 Å². The average molecular weight is 419 g/mol. The van der Waals surface area contributed by atoms with Crippen molar-refractivity contribution >= 4 is 12.1 Å². The number of nitrogens with zero attached hydrogens (tertiary/aromatic N) is 2. The van der Waals surface area contributed by atoms with Crippen molar-refractivity contribution in [2.45, 2.75) is 50.7 Å². The van der Waals surface area contributed by atoms with Gasteiger partial charge in [0.05, 0.1) is 11.7 Å². The fraction of sp³-hybridized carbons (Fsp3) is 0.565. The molecular weight excluding hydrogens is 384 g/mol. The van der Waals surface area contributed by atoms with Gasteiger partial charge in [0.25, 0.3) is 0 Å². The Balaban J connectivity index is 1.65. The Hall–Kier alpha value is -2.38. The molecule has 166 valence electrons. The molecule has 1 N–H and O–H groups in total. The Bertz CT molecular complexity index is 683. The van der Waals surface area contributed by atoms with E-state index in [0.29, 0.717) is 5.75 Å². The summed E-state index contributed by atoms with van der Waals surface area (Å²) in [5, 5.41) is 8.93. The molecule has 1 aliphatic carbocycles. The number of hydrogen-bond donors (Lipinski definition) is 1. The van der Waals surface area contributed by atoms with E-state index >= 15 is 0 Å².